The van der Waals surface area contributed by atoms with Gasteiger partial charge in [-0.1, -0.05) is 51.5 Å². The van der Waals surface area contributed by atoms with Crippen molar-refractivity contribution in [2.24, 2.45) is 5.92 Å². The van der Waals surface area contributed by atoms with E-state index in [0.717, 1.165) is 12.5 Å². The first-order valence-corrected chi connectivity index (χ1v) is 7.05. The molecule has 1 atom stereocenters. The van der Waals surface area contributed by atoms with Gasteiger partial charge in [-0.05, 0) is 36.3 Å². The van der Waals surface area contributed by atoms with E-state index < -0.39 is 0 Å². The molecule has 1 saturated carbocycles. The fourth-order valence-corrected chi connectivity index (χ4v) is 2.46. The second kappa shape index (κ2) is 5.68. The van der Waals surface area contributed by atoms with Gasteiger partial charge in [-0.3, -0.25) is 0 Å². The minimum Gasteiger partial charge on any atom is -0.307 e. The van der Waals surface area contributed by atoms with Crippen molar-refractivity contribution >= 4 is 0 Å². The van der Waals surface area contributed by atoms with Crippen LogP contribution >= 0.6 is 0 Å². The fourth-order valence-electron chi connectivity index (χ4n) is 2.46. The van der Waals surface area contributed by atoms with E-state index in [2.05, 4.69) is 50.4 Å². The lowest BCUT2D eigenvalue weighted by Gasteiger charge is -2.33. The van der Waals surface area contributed by atoms with Crippen molar-refractivity contribution in [2.75, 3.05) is 0 Å². The Labute approximate surface area is 106 Å². The molecule has 1 aliphatic rings. The van der Waals surface area contributed by atoms with E-state index >= 15 is 0 Å². The highest BCUT2D eigenvalue weighted by Crippen LogP contribution is 2.27. The van der Waals surface area contributed by atoms with Gasteiger partial charge in [-0.25, -0.2) is 0 Å². The number of rotatable bonds is 5. The molecule has 94 valence electrons. The van der Waals surface area contributed by atoms with Crippen molar-refractivity contribution < 1.29 is 0 Å². The van der Waals surface area contributed by atoms with Gasteiger partial charge in [0.25, 0.3) is 0 Å². The monoisotopic (exact) mass is 231 g/mol. The van der Waals surface area contributed by atoms with Crippen LogP contribution in [0.5, 0.6) is 0 Å². The summed E-state index contributed by atoms with van der Waals surface area (Å²) in [5.41, 5.74) is 2.88. The van der Waals surface area contributed by atoms with Gasteiger partial charge in [0.05, 0.1) is 0 Å². The average Bonchev–Trinajstić information content (AvgIpc) is 2.27. The SMILES string of the molecule is CCc1ccc(C(NC2CCC2)C(C)C)cc1. The largest absolute Gasteiger partial charge is 0.307 e. The molecule has 1 aliphatic carbocycles. The van der Waals surface area contributed by atoms with Crippen molar-refractivity contribution in [1.29, 1.82) is 0 Å². The van der Waals surface area contributed by atoms with Crippen LogP contribution in [0, 0.1) is 5.92 Å². The van der Waals surface area contributed by atoms with E-state index in [9.17, 15) is 0 Å². The molecule has 0 spiro atoms. The molecule has 17 heavy (non-hydrogen) atoms. The van der Waals surface area contributed by atoms with Gasteiger partial charge in [0.2, 0.25) is 0 Å². The van der Waals surface area contributed by atoms with Gasteiger partial charge >= 0.3 is 0 Å². The van der Waals surface area contributed by atoms with E-state index in [4.69, 9.17) is 0 Å². The summed E-state index contributed by atoms with van der Waals surface area (Å²) in [6, 6.07) is 10.4. The Kier molecular flexibility index (Phi) is 4.22. The zero-order valence-electron chi connectivity index (χ0n) is 11.4. The molecule has 0 saturated heterocycles. The van der Waals surface area contributed by atoms with Crippen LogP contribution in [0.1, 0.15) is 57.2 Å². The van der Waals surface area contributed by atoms with Gasteiger partial charge in [0.15, 0.2) is 0 Å². The predicted molar refractivity (Wildman–Crippen MR) is 74.2 cm³/mol. The number of benzene rings is 1. The highest BCUT2D eigenvalue weighted by atomic mass is 15.0. The van der Waals surface area contributed by atoms with Gasteiger partial charge in [-0.15, -0.1) is 0 Å². The number of hydrogen-bond donors (Lipinski definition) is 1. The maximum Gasteiger partial charge on any atom is 0.0345 e. The molecule has 1 aromatic carbocycles. The van der Waals surface area contributed by atoms with E-state index in [1.54, 1.807) is 0 Å². The molecule has 2 rings (SSSR count). The Bertz CT molecular complexity index is 335. The normalized spacial score (nSPS) is 18.1. The molecular formula is C16H25N. The predicted octanol–water partition coefficient (Wildman–Crippen LogP) is 4.09. The van der Waals surface area contributed by atoms with Crippen LogP contribution < -0.4 is 5.32 Å². The van der Waals surface area contributed by atoms with Crippen LogP contribution in [0.15, 0.2) is 24.3 Å². The molecule has 0 heterocycles. The molecule has 1 aromatic rings. The molecule has 1 unspecified atom stereocenters. The van der Waals surface area contributed by atoms with Gasteiger partial charge in [-0.2, -0.15) is 0 Å². The third-order valence-electron chi connectivity index (χ3n) is 3.93. The maximum atomic E-state index is 3.81. The zero-order valence-corrected chi connectivity index (χ0v) is 11.4. The van der Waals surface area contributed by atoms with Crippen molar-refractivity contribution in [2.45, 2.75) is 58.5 Å². The van der Waals surface area contributed by atoms with E-state index in [1.807, 2.05) is 0 Å². The second-order valence-electron chi connectivity index (χ2n) is 5.61. The Morgan fingerprint density at radius 2 is 1.82 bits per heavy atom. The molecule has 1 N–H and O–H groups in total. The Morgan fingerprint density at radius 3 is 2.24 bits per heavy atom. The molecule has 0 amide bonds. The topological polar surface area (TPSA) is 12.0 Å². The summed E-state index contributed by atoms with van der Waals surface area (Å²) in [5.74, 6) is 0.656. The minimum absolute atomic E-state index is 0.520. The molecule has 0 bridgehead atoms. The lowest BCUT2D eigenvalue weighted by molar-refractivity contribution is 0.272. The van der Waals surface area contributed by atoms with Crippen LogP contribution in [0.3, 0.4) is 0 Å². The van der Waals surface area contributed by atoms with Crippen molar-refractivity contribution in [3.63, 3.8) is 0 Å². The summed E-state index contributed by atoms with van der Waals surface area (Å²) in [6.07, 6.45) is 5.24. The summed E-state index contributed by atoms with van der Waals surface area (Å²) in [4.78, 5) is 0. The molecule has 1 heteroatoms. The van der Waals surface area contributed by atoms with E-state index in [0.29, 0.717) is 12.0 Å². The van der Waals surface area contributed by atoms with Crippen LogP contribution in [0.4, 0.5) is 0 Å². The standard InChI is InChI=1S/C16H25N/c1-4-13-8-10-14(11-9-13)16(12(2)3)17-15-6-5-7-15/h8-12,15-17H,4-7H2,1-3H3. The highest BCUT2D eigenvalue weighted by molar-refractivity contribution is 5.25. The van der Waals surface area contributed by atoms with Crippen LogP contribution in [0.25, 0.3) is 0 Å². The van der Waals surface area contributed by atoms with Crippen molar-refractivity contribution in [1.82, 2.24) is 5.32 Å². The summed E-state index contributed by atoms with van der Waals surface area (Å²) >= 11 is 0. The third kappa shape index (κ3) is 3.10. The molecule has 0 radical (unpaired) electrons. The minimum atomic E-state index is 0.520. The maximum absolute atomic E-state index is 3.81. The second-order valence-corrected chi connectivity index (χ2v) is 5.61. The summed E-state index contributed by atoms with van der Waals surface area (Å²) in [7, 11) is 0. The summed E-state index contributed by atoms with van der Waals surface area (Å²) in [6.45, 7) is 6.83. The lowest BCUT2D eigenvalue weighted by atomic mass is 9.88. The number of aryl methyl sites for hydroxylation is 1. The van der Waals surface area contributed by atoms with Crippen LogP contribution in [-0.2, 0) is 6.42 Å². The number of nitrogens with one attached hydrogen (secondary N) is 1. The Morgan fingerprint density at radius 1 is 1.18 bits per heavy atom. The molecule has 1 fully saturated rings. The van der Waals surface area contributed by atoms with E-state index in [1.165, 1.54) is 30.4 Å². The first-order valence-electron chi connectivity index (χ1n) is 7.05. The molecule has 0 aromatic heterocycles. The summed E-state index contributed by atoms with van der Waals surface area (Å²) in [5, 5.41) is 3.81. The molecular weight excluding hydrogens is 206 g/mol. The quantitative estimate of drug-likeness (QED) is 0.805. The van der Waals surface area contributed by atoms with Gasteiger partial charge in [0.1, 0.15) is 0 Å². The molecule has 1 nitrogen and oxygen atoms in total. The van der Waals surface area contributed by atoms with Crippen molar-refractivity contribution in [3.05, 3.63) is 35.4 Å². The number of hydrogen-bond acceptors (Lipinski definition) is 1. The van der Waals surface area contributed by atoms with Gasteiger partial charge < -0.3 is 5.32 Å². The first-order chi connectivity index (χ1) is 8.20. The van der Waals surface area contributed by atoms with E-state index in [-0.39, 0.29) is 0 Å². The van der Waals surface area contributed by atoms with Gasteiger partial charge in [0, 0.05) is 12.1 Å². The lowest BCUT2D eigenvalue weighted by Crippen LogP contribution is -2.39. The Hall–Kier alpha value is -0.820. The third-order valence-corrected chi connectivity index (χ3v) is 3.93. The average molecular weight is 231 g/mol. The zero-order chi connectivity index (χ0) is 12.3. The summed E-state index contributed by atoms with van der Waals surface area (Å²) < 4.78 is 0. The van der Waals surface area contributed by atoms with Crippen LogP contribution in [0.2, 0.25) is 0 Å². The first kappa shape index (κ1) is 12.6. The van der Waals surface area contributed by atoms with Crippen molar-refractivity contribution in [3.8, 4) is 0 Å². The highest BCUT2D eigenvalue weighted by Gasteiger charge is 2.23. The fraction of sp³-hybridized carbons (Fsp3) is 0.625. The smallest absolute Gasteiger partial charge is 0.0345 e. The van der Waals surface area contributed by atoms with Crippen LogP contribution in [-0.4, -0.2) is 6.04 Å². The Balaban J connectivity index is 2.07. The molecule has 0 aliphatic heterocycles.